The first-order valence-electron chi connectivity index (χ1n) is 8.48. The molecule has 24 heavy (non-hydrogen) atoms. The number of fused-ring (bicyclic) bond motifs is 6. The molecule has 0 amide bonds. The van der Waals surface area contributed by atoms with Crippen LogP contribution in [0.4, 0.5) is 0 Å². The lowest BCUT2D eigenvalue weighted by Crippen LogP contribution is -2.20. The van der Waals surface area contributed by atoms with Crippen molar-refractivity contribution in [3.8, 4) is 0 Å². The molecule has 5 rings (SSSR count). The molecule has 1 aliphatic rings. The maximum atomic E-state index is 3.70. The van der Waals surface area contributed by atoms with E-state index in [0.29, 0.717) is 0 Å². The highest BCUT2D eigenvalue weighted by Gasteiger charge is 2.35. The molecule has 2 heterocycles. The number of aromatic nitrogens is 2. The molecular formula is C22H20N2. The molecule has 2 aromatic carbocycles. The second-order valence-corrected chi connectivity index (χ2v) is 7.33. The lowest BCUT2D eigenvalue weighted by Gasteiger charge is -2.25. The number of allylic oxidation sites excluding steroid dienone is 1. The van der Waals surface area contributed by atoms with Gasteiger partial charge in [-0.05, 0) is 36.3 Å². The van der Waals surface area contributed by atoms with E-state index in [9.17, 15) is 0 Å². The maximum absolute atomic E-state index is 3.70. The first kappa shape index (κ1) is 13.7. The van der Waals surface area contributed by atoms with Crippen LogP contribution in [-0.2, 0) is 5.41 Å². The Kier molecular flexibility index (Phi) is 2.52. The molecule has 2 aromatic heterocycles. The van der Waals surface area contributed by atoms with Gasteiger partial charge in [-0.3, -0.25) is 0 Å². The van der Waals surface area contributed by atoms with Crippen molar-refractivity contribution in [1.82, 2.24) is 9.97 Å². The molecule has 2 nitrogen and oxygen atoms in total. The summed E-state index contributed by atoms with van der Waals surface area (Å²) in [5, 5.41) is 2.62. The zero-order valence-electron chi connectivity index (χ0n) is 14.2. The normalized spacial score (nSPS) is 15.9. The Morgan fingerprint density at radius 2 is 1.42 bits per heavy atom. The van der Waals surface area contributed by atoms with Crippen LogP contribution in [0.2, 0.25) is 0 Å². The van der Waals surface area contributed by atoms with E-state index in [1.807, 2.05) is 0 Å². The van der Waals surface area contributed by atoms with Gasteiger partial charge in [-0.25, -0.2) is 0 Å². The monoisotopic (exact) mass is 312 g/mol. The maximum Gasteiger partial charge on any atom is 0.0463 e. The third-order valence-corrected chi connectivity index (χ3v) is 5.46. The number of hydrogen-bond acceptors (Lipinski definition) is 0. The van der Waals surface area contributed by atoms with Gasteiger partial charge in [0.1, 0.15) is 0 Å². The van der Waals surface area contributed by atoms with Crippen molar-refractivity contribution in [1.29, 1.82) is 0 Å². The Morgan fingerprint density at radius 3 is 2.17 bits per heavy atom. The molecule has 4 aromatic rings. The zero-order chi connectivity index (χ0) is 16.5. The molecule has 0 radical (unpaired) electrons. The fraction of sp³-hybridized carbons (Fsp3) is 0.182. The van der Waals surface area contributed by atoms with E-state index in [1.165, 1.54) is 49.9 Å². The van der Waals surface area contributed by atoms with Crippen LogP contribution < -0.4 is 0 Å². The SMILES string of the molecule is CC1=Cc2c([nH]c3ccccc23)C(C)(C)c2c1[nH]c1ccccc21. The summed E-state index contributed by atoms with van der Waals surface area (Å²) in [6.45, 7) is 6.86. The van der Waals surface area contributed by atoms with Gasteiger partial charge in [-0.1, -0.05) is 50.2 Å². The van der Waals surface area contributed by atoms with Crippen molar-refractivity contribution in [2.75, 3.05) is 0 Å². The highest BCUT2D eigenvalue weighted by atomic mass is 14.8. The van der Waals surface area contributed by atoms with Gasteiger partial charge in [0.25, 0.3) is 0 Å². The molecule has 0 unspecified atom stereocenters. The number of rotatable bonds is 0. The van der Waals surface area contributed by atoms with Gasteiger partial charge < -0.3 is 9.97 Å². The summed E-state index contributed by atoms with van der Waals surface area (Å²) < 4.78 is 0. The Bertz CT molecular complexity index is 1140. The van der Waals surface area contributed by atoms with Crippen LogP contribution in [-0.4, -0.2) is 9.97 Å². The molecule has 0 saturated heterocycles. The number of benzene rings is 2. The topological polar surface area (TPSA) is 31.6 Å². The van der Waals surface area contributed by atoms with E-state index in [-0.39, 0.29) is 5.41 Å². The first-order chi connectivity index (χ1) is 11.6. The number of H-pyrrole nitrogens is 2. The van der Waals surface area contributed by atoms with Crippen molar-refractivity contribution in [2.24, 2.45) is 0 Å². The molecule has 0 aliphatic heterocycles. The Balaban J connectivity index is 1.96. The van der Waals surface area contributed by atoms with Gasteiger partial charge in [-0.2, -0.15) is 0 Å². The molecule has 2 N–H and O–H groups in total. The van der Waals surface area contributed by atoms with Gasteiger partial charge in [-0.15, -0.1) is 0 Å². The fourth-order valence-corrected chi connectivity index (χ4v) is 4.31. The standard InChI is InChI=1S/C22H20N2/c1-13-12-16-14-8-4-6-10-17(14)24-21(16)22(2,3)19-15-9-5-7-11-18(15)23-20(13)19/h4-12,23-24H,1-3H3. The number of nitrogens with one attached hydrogen (secondary N) is 2. The minimum atomic E-state index is -0.0997. The van der Waals surface area contributed by atoms with Crippen LogP contribution in [0.15, 0.2) is 48.5 Å². The molecule has 0 fully saturated rings. The Hall–Kier alpha value is -2.74. The molecule has 0 atom stereocenters. The summed E-state index contributed by atoms with van der Waals surface area (Å²) in [5.41, 5.74) is 8.88. The first-order valence-corrected chi connectivity index (χ1v) is 8.48. The summed E-state index contributed by atoms with van der Waals surface area (Å²) in [6, 6.07) is 17.2. The quantitative estimate of drug-likeness (QED) is 0.408. The van der Waals surface area contributed by atoms with Crippen LogP contribution >= 0.6 is 0 Å². The average molecular weight is 312 g/mol. The predicted molar refractivity (Wildman–Crippen MR) is 102 cm³/mol. The second kappa shape index (κ2) is 4.41. The van der Waals surface area contributed by atoms with E-state index >= 15 is 0 Å². The van der Waals surface area contributed by atoms with Crippen molar-refractivity contribution in [2.45, 2.75) is 26.2 Å². The molecule has 1 aliphatic carbocycles. The summed E-state index contributed by atoms with van der Waals surface area (Å²) in [6.07, 6.45) is 2.33. The average Bonchev–Trinajstić information content (AvgIpc) is 3.12. The molecule has 0 saturated carbocycles. The largest absolute Gasteiger partial charge is 0.357 e. The Labute approximate surface area is 141 Å². The van der Waals surface area contributed by atoms with Crippen molar-refractivity contribution >= 4 is 33.5 Å². The number of aromatic amines is 2. The van der Waals surface area contributed by atoms with Crippen LogP contribution in [0, 0.1) is 0 Å². The van der Waals surface area contributed by atoms with Gasteiger partial charge in [0.15, 0.2) is 0 Å². The molecule has 2 heteroatoms. The number of hydrogen-bond donors (Lipinski definition) is 2. The van der Waals surface area contributed by atoms with Gasteiger partial charge in [0, 0.05) is 44.2 Å². The van der Waals surface area contributed by atoms with E-state index < -0.39 is 0 Å². The molecule has 118 valence electrons. The van der Waals surface area contributed by atoms with E-state index in [0.717, 1.165) is 0 Å². The third kappa shape index (κ3) is 1.60. The van der Waals surface area contributed by atoms with Gasteiger partial charge in [0.05, 0.1) is 0 Å². The zero-order valence-corrected chi connectivity index (χ0v) is 14.2. The highest BCUT2D eigenvalue weighted by molar-refractivity contribution is 6.01. The van der Waals surface area contributed by atoms with Crippen LogP contribution in [0.5, 0.6) is 0 Å². The van der Waals surface area contributed by atoms with E-state index in [2.05, 4.69) is 85.3 Å². The van der Waals surface area contributed by atoms with Crippen molar-refractivity contribution in [3.05, 3.63) is 71.0 Å². The lowest BCUT2D eigenvalue weighted by atomic mass is 9.79. The molecular weight excluding hydrogens is 292 g/mol. The van der Waals surface area contributed by atoms with Gasteiger partial charge in [0.2, 0.25) is 0 Å². The van der Waals surface area contributed by atoms with E-state index in [1.54, 1.807) is 0 Å². The molecule has 0 spiro atoms. The molecule has 0 bridgehead atoms. The van der Waals surface area contributed by atoms with Crippen molar-refractivity contribution < 1.29 is 0 Å². The summed E-state index contributed by atoms with van der Waals surface area (Å²) in [5.74, 6) is 0. The van der Waals surface area contributed by atoms with Crippen LogP contribution in [0.1, 0.15) is 43.3 Å². The second-order valence-electron chi connectivity index (χ2n) is 7.33. The van der Waals surface area contributed by atoms with E-state index in [4.69, 9.17) is 0 Å². The summed E-state index contributed by atoms with van der Waals surface area (Å²) >= 11 is 0. The predicted octanol–water partition coefficient (Wildman–Crippen LogP) is 5.85. The lowest BCUT2D eigenvalue weighted by molar-refractivity contribution is 0.627. The number of para-hydroxylation sites is 2. The van der Waals surface area contributed by atoms with Crippen molar-refractivity contribution in [3.63, 3.8) is 0 Å². The highest BCUT2D eigenvalue weighted by Crippen LogP contribution is 2.46. The van der Waals surface area contributed by atoms with Gasteiger partial charge >= 0.3 is 0 Å². The smallest absolute Gasteiger partial charge is 0.0463 e. The van der Waals surface area contributed by atoms with Crippen LogP contribution in [0.3, 0.4) is 0 Å². The summed E-state index contributed by atoms with van der Waals surface area (Å²) in [7, 11) is 0. The minimum absolute atomic E-state index is 0.0997. The van der Waals surface area contributed by atoms with Crippen LogP contribution in [0.25, 0.3) is 33.5 Å². The minimum Gasteiger partial charge on any atom is -0.357 e. The fourth-order valence-electron chi connectivity index (χ4n) is 4.31. The Morgan fingerprint density at radius 1 is 0.792 bits per heavy atom. The summed E-state index contributed by atoms with van der Waals surface area (Å²) in [4.78, 5) is 7.36. The third-order valence-electron chi connectivity index (χ3n) is 5.46.